The van der Waals surface area contributed by atoms with Gasteiger partial charge in [-0.3, -0.25) is 4.79 Å². The van der Waals surface area contributed by atoms with Crippen LogP contribution in [0.3, 0.4) is 0 Å². The lowest BCUT2D eigenvalue weighted by atomic mass is 9.86. The monoisotopic (exact) mass is 421 g/mol. The second-order valence-electron chi connectivity index (χ2n) is 6.89. The maximum atomic E-state index is 14.2. The molecule has 2 heterocycles. The number of thioether (sulfide) groups is 1. The van der Waals surface area contributed by atoms with Gasteiger partial charge in [0.25, 0.3) is 0 Å². The molecule has 0 aromatic heterocycles. The molecule has 2 atom stereocenters. The number of benzene rings is 2. The van der Waals surface area contributed by atoms with Crippen molar-refractivity contribution in [1.82, 2.24) is 5.01 Å². The van der Waals surface area contributed by atoms with Crippen molar-refractivity contribution in [2.45, 2.75) is 18.2 Å². The zero-order valence-corrected chi connectivity index (χ0v) is 16.3. The highest BCUT2D eigenvalue weighted by atomic mass is 32.2. The second-order valence-corrected chi connectivity index (χ2v) is 8.10. The summed E-state index contributed by atoms with van der Waals surface area (Å²) in [6.07, 6.45) is 0.493. The number of ether oxygens (including phenoxy) is 1. The number of hydrogen-bond acceptors (Lipinski definition) is 5. The molecule has 0 bridgehead atoms. The first-order valence-corrected chi connectivity index (χ1v) is 9.85. The van der Waals surface area contributed by atoms with E-state index in [1.807, 2.05) is 0 Å². The number of halogens is 3. The molecule has 0 saturated carbocycles. The molecule has 9 heteroatoms. The van der Waals surface area contributed by atoms with Gasteiger partial charge in [0.2, 0.25) is 5.91 Å². The molecule has 1 spiro atoms. The highest BCUT2D eigenvalue weighted by Gasteiger charge is 2.56. The van der Waals surface area contributed by atoms with Crippen molar-refractivity contribution < 1.29 is 22.7 Å². The average Bonchev–Trinajstić information content (AvgIpc) is 3.08. The van der Waals surface area contributed by atoms with Crippen molar-refractivity contribution in [3.63, 3.8) is 0 Å². The lowest BCUT2D eigenvalue weighted by molar-refractivity contribution is -0.134. The number of hydrogen-bond donors (Lipinski definition) is 1. The van der Waals surface area contributed by atoms with E-state index in [-0.39, 0.29) is 18.4 Å². The van der Waals surface area contributed by atoms with Gasteiger partial charge in [-0.05, 0) is 49.4 Å². The Balaban J connectivity index is 1.89. The molecule has 0 fully saturated rings. The third-order valence-corrected chi connectivity index (χ3v) is 6.61. The van der Waals surface area contributed by atoms with Crippen molar-refractivity contribution in [3.8, 4) is 5.75 Å². The summed E-state index contributed by atoms with van der Waals surface area (Å²) >= 11 is 1.20. The van der Waals surface area contributed by atoms with Gasteiger partial charge in [0.05, 0.1) is 6.61 Å². The van der Waals surface area contributed by atoms with Gasteiger partial charge in [0, 0.05) is 24.0 Å². The first kappa shape index (κ1) is 19.8. The van der Waals surface area contributed by atoms with E-state index in [2.05, 4.69) is 5.10 Å². The molecule has 5 nitrogen and oxygen atoms in total. The number of carbonyl (C=O) groups is 1. The standard InChI is InChI=1S/C20H18F3N3O2S/c1-11(27)26-20(29-19(25-26)12-2-4-16(22)17(23)8-12)13(6-7-24)10-28-18-5-3-14(21)9-15(18)20/h2-5,8-9,13H,6-7,10,24H2,1H3/t13-,20-/m1/s1. The minimum absolute atomic E-state index is 0.257. The molecule has 0 aliphatic carbocycles. The third kappa shape index (κ3) is 3.18. The summed E-state index contributed by atoms with van der Waals surface area (Å²) in [5, 5.41) is 6.04. The Hall–Kier alpha value is -2.52. The maximum Gasteiger partial charge on any atom is 0.241 e. The molecular formula is C20H18F3N3O2S. The number of nitrogens with two attached hydrogens (primary N) is 1. The topological polar surface area (TPSA) is 67.9 Å². The Labute approximate surface area is 169 Å². The van der Waals surface area contributed by atoms with Crippen LogP contribution in [0.1, 0.15) is 24.5 Å². The molecule has 0 saturated heterocycles. The SMILES string of the molecule is CC(=O)N1N=C(c2ccc(F)c(F)c2)S[C@]12c1cc(F)ccc1OC[C@H]2CCN. The molecule has 4 rings (SSSR count). The molecule has 0 unspecified atom stereocenters. The quantitative estimate of drug-likeness (QED) is 0.823. The van der Waals surface area contributed by atoms with Crippen molar-refractivity contribution >= 4 is 22.7 Å². The van der Waals surface area contributed by atoms with E-state index in [9.17, 15) is 18.0 Å². The smallest absolute Gasteiger partial charge is 0.241 e. The Morgan fingerprint density at radius 1 is 1.28 bits per heavy atom. The molecule has 0 radical (unpaired) electrons. The summed E-state index contributed by atoms with van der Waals surface area (Å²) in [7, 11) is 0. The summed E-state index contributed by atoms with van der Waals surface area (Å²) in [4.78, 5) is 11.5. The van der Waals surface area contributed by atoms with E-state index < -0.39 is 22.3 Å². The van der Waals surface area contributed by atoms with Crippen LogP contribution in [0.4, 0.5) is 13.2 Å². The fraction of sp³-hybridized carbons (Fsp3) is 0.300. The summed E-state index contributed by atoms with van der Waals surface area (Å²) < 4.78 is 47.2. The number of nitrogens with zero attached hydrogens (tertiary/aromatic N) is 2. The van der Waals surface area contributed by atoms with Crippen molar-refractivity contribution in [2.75, 3.05) is 13.2 Å². The molecule has 2 aliphatic heterocycles. The van der Waals surface area contributed by atoms with Crippen LogP contribution >= 0.6 is 11.8 Å². The Morgan fingerprint density at radius 2 is 2.07 bits per heavy atom. The molecule has 2 N–H and O–H groups in total. The fourth-order valence-corrected chi connectivity index (χ4v) is 5.30. The van der Waals surface area contributed by atoms with E-state index in [1.54, 1.807) is 0 Å². The van der Waals surface area contributed by atoms with Crippen LogP contribution in [0.5, 0.6) is 5.75 Å². The Bertz CT molecular complexity index is 1020. The van der Waals surface area contributed by atoms with Crippen LogP contribution in [0.2, 0.25) is 0 Å². The zero-order valence-electron chi connectivity index (χ0n) is 15.5. The van der Waals surface area contributed by atoms with Crippen molar-refractivity contribution in [2.24, 2.45) is 16.8 Å². The molecule has 2 aliphatic rings. The average molecular weight is 421 g/mol. The largest absolute Gasteiger partial charge is 0.493 e. The normalized spacial score (nSPS) is 23.0. The van der Waals surface area contributed by atoms with Gasteiger partial charge in [-0.25, -0.2) is 18.2 Å². The molecule has 1 amide bonds. The van der Waals surface area contributed by atoms with E-state index in [1.165, 1.54) is 48.0 Å². The minimum atomic E-state index is -1.10. The molecule has 2 aromatic rings. The number of fused-ring (bicyclic) bond motifs is 2. The Kier molecular flexibility index (Phi) is 5.04. The predicted octanol–water partition coefficient (Wildman–Crippen LogP) is 3.57. The van der Waals surface area contributed by atoms with Crippen LogP contribution in [0, 0.1) is 23.4 Å². The van der Waals surface area contributed by atoms with Gasteiger partial charge >= 0.3 is 0 Å². The van der Waals surface area contributed by atoms with E-state index in [4.69, 9.17) is 10.5 Å². The van der Waals surface area contributed by atoms with Crippen molar-refractivity contribution in [3.05, 3.63) is 65.0 Å². The Morgan fingerprint density at radius 3 is 2.76 bits per heavy atom. The first-order chi connectivity index (χ1) is 13.9. The van der Waals surface area contributed by atoms with Gasteiger partial charge in [0.1, 0.15) is 16.6 Å². The predicted molar refractivity (Wildman–Crippen MR) is 104 cm³/mol. The molecule has 2 aromatic carbocycles. The number of carbonyl (C=O) groups excluding carboxylic acids is 1. The van der Waals surface area contributed by atoms with Crippen LogP contribution < -0.4 is 10.5 Å². The van der Waals surface area contributed by atoms with Gasteiger partial charge in [-0.15, -0.1) is 0 Å². The highest BCUT2D eigenvalue weighted by Crippen LogP contribution is 2.57. The van der Waals surface area contributed by atoms with E-state index in [0.29, 0.717) is 34.9 Å². The maximum absolute atomic E-state index is 14.2. The van der Waals surface area contributed by atoms with Crippen LogP contribution in [0.25, 0.3) is 0 Å². The summed E-state index contributed by atoms with van der Waals surface area (Å²) in [5.41, 5.74) is 6.58. The number of rotatable bonds is 3. The highest BCUT2D eigenvalue weighted by molar-refractivity contribution is 8.15. The molecule has 152 valence electrons. The lowest BCUT2D eigenvalue weighted by Gasteiger charge is -2.45. The van der Waals surface area contributed by atoms with Crippen LogP contribution in [-0.4, -0.2) is 29.1 Å². The summed E-state index contributed by atoms with van der Waals surface area (Å²) in [5.74, 6) is -2.69. The third-order valence-electron chi connectivity index (χ3n) is 5.06. The zero-order chi connectivity index (χ0) is 20.8. The van der Waals surface area contributed by atoms with Crippen molar-refractivity contribution in [1.29, 1.82) is 0 Å². The first-order valence-electron chi connectivity index (χ1n) is 9.03. The van der Waals surface area contributed by atoms with Gasteiger partial charge in [0.15, 0.2) is 16.5 Å². The fourth-order valence-electron chi connectivity index (χ4n) is 3.76. The van der Waals surface area contributed by atoms with Crippen LogP contribution in [-0.2, 0) is 9.67 Å². The molecule has 29 heavy (non-hydrogen) atoms. The number of hydrazone groups is 1. The summed E-state index contributed by atoms with van der Waals surface area (Å²) in [6, 6.07) is 7.55. The van der Waals surface area contributed by atoms with Gasteiger partial charge in [-0.2, -0.15) is 5.10 Å². The van der Waals surface area contributed by atoms with Crippen LogP contribution in [0.15, 0.2) is 41.5 Å². The number of amides is 1. The van der Waals surface area contributed by atoms with Gasteiger partial charge < -0.3 is 10.5 Å². The second kappa shape index (κ2) is 7.38. The van der Waals surface area contributed by atoms with E-state index in [0.717, 1.165) is 12.1 Å². The summed E-state index contributed by atoms with van der Waals surface area (Å²) in [6.45, 7) is 1.94. The lowest BCUT2D eigenvalue weighted by Crippen LogP contribution is -2.51. The molecular weight excluding hydrogens is 403 g/mol. The minimum Gasteiger partial charge on any atom is -0.493 e. The van der Waals surface area contributed by atoms with E-state index >= 15 is 0 Å². The van der Waals surface area contributed by atoms with Gasteiger partial charge in [-0.1, -0.05) is 11.8 Å².